The number of benzene rings is 1. The van der Waals surface area contributed by atoms with Crippen molar-refractivity contribution in [1.82, 2.24) is 15.3 Å². The van der Waals surface area contributed by atoms with Crippen LogP contribution in [0.15, 0.2) is 30.5 Å². The quantitative estimate of drug-likeness (QED) is 0.828. The first-order chi connectivity index (χ1) is 8.84. The highest BCUT2D eigenvalue weighted by molar-refractivity contribution is 5.59. The van der Waals surface area contributed by atoms with Crippen molar-refractivity contribution in [2.24, 2.45) is 0 Å². The van der Waals surface area contributed by atoms with Crippen LogP contribution in [-0.2, 0) is 12.8 Å². The molecule has 2 aromatic rings. The Labute approximate surface area is 107 Å². The van der Waals surface area contributed by atoms with Gasteiger partial charge in [0.15, 0.2) is 5.82 Å². The van der Waals surface area contributed by atoms with Crippen LogP contribution in [0, 0.1) is 6.92 Å². The van der Waals surface area contributed by atoms with Gasteiger partial charge in [0.05, 0.1) is 0 Å². The summed E-state index contributed by atoms with van der Waals surface area (Å²) >= 11 is 0. The Morgan fingerprint density at radius 3 is 2.83 bits per heavy atom. The molecule has 1 N–H and O–H groups in total. The minimum atomic E-state index is 0.855. The second-order valence-electron chi connectivity index (χ2n) is 4.73. The zero-order valence-electron chi connectivity index (χ0n) is 10.6. The van der Waals surface area contributed by atoms with Gasteiger partial charge in [-0.1, -0.05) is 24.3 Å². The zero-order chi connectivity index (χ0) is 12.4. The van der Waals surface area contributed by atoms with E-state index in [1.165, 1.54) is 16.8 Å². The smallest absolute Gasteiger partial charge is 0.159 e. The predicted octanol–water partition coefficient (Wildman–Crippen LogP) is 2.14. The highest BCUT2D eigenvalue weighted by atomic mass is 14.9. The van der Waals surface area contributed by atoms with Crippen molar-refractivity contribution in [3.63, 3.8) is 0 Å². The third kappa shape index (κ3) is 2.14. The van der Waals surface area contributed by atoms with Crippen molar-refractivity contribution in [1.29, 1.82) is 0 Å². The lowest BCUT2D eigenvalue weighted by Crippen LogP contribution is -2.16. The average Bonchev–Trinajstić information content (AvgIpc) is 2.63. The van der Waals surface area contributed by atoms with Crippen LogP contribution in [-0.4, -0.2) is 23.1 Å². The van der Waals surface area contributed by atoms with Crippen LogP contribution in [0.3, 0.4) is 0 Å². The number of fused-ring (bicyclic) bond motifs is 1. The standard InChI is InChI=1S/C15H17N3/c1-11-4-2-3-5-13(11)15-17-10-12-6-8-16-9-7-14(12)18-15/h2-5,10,16H,6-9H2,1H3. The number of hydrogen-bond donors (Lipinski definition) is 1. The van der Waals surface area contributed by atoms with Gasteiger partial charge in [-0.15, -0.1) is 0 Å². The average molecular weight is 239 g/mol. The molecule has 0 amide bonds. The molecule has 0 saturated carbocycles. The molecule has 0 saturated heterocycles. The fourth-order valence-corrected chi connectivity index (χ4v) is 2.38. The maximum atomic E-state index is 4.75. The van der Waals surface area contributed by atoms with Crippen LogP contribution < -0.4 is 5.32 Å². The summed E-state index contributed by atoms with van der Waals surface area (Å²) in [5.74, 6) is 0.855. The summed E-state index contributed by atoms with van der Waals surface area (Å²) in [6.07, 6.45) is 4.03. The number of aryl methyl sites for hydroxylation is 1. The summed E-state index contributed by atoms with van der Waals surface area (Å²) in [4.78, 5) is 9.28. The number of rotatable bonds is 1. The van der Waals surface area contributed by atoms with Gasteiger partial charge in [0.1, 0.15) is 0 Å². The van der Waals surface area contributed by atoms with Gasteiger partial charge in [-0.05, 0) is 31.0 Å². The predicted molar refractivity (Wildman–Crippen MR) is 72.5 cm³/mol. The lowest BCUT2D eigenvalue weighted by atomic mass is 10.1. The molecular weight excluding hydrogens is 222 g/mol. The van der Waals surface area contributed by atoms with Gasteiger partial charge in [-0.25, -0.2) is 9.97 Å². The molecule has 1 aromatic carbocycles. The van der Waals surface area contributed by atoms with Gasteiger partial charge in [0.2, 0.25) is 0 Å². The van der Waals surface area contributed by atoms with E-state index in [0.717, 1.165) is 37.3 Å². The minimum absolute atomic E-state index is 0.855. The number of nitrogens with zero attached hydrogens (tertiary/aromatic N) is 2. The first-order valence-electron chi connectivity index (χ1n) is 6.46. The first kappa shape index (κ1) is 11.4. The molecule has 3 rings (SSSR count). The summed E-state index contributed by atoms with van der Waals surface area (Å²) in [5, 5.41) is 3.40. The van der Waals surface area contributed by atoms with Crippen LogP contribution in [0.5, 0.6) is 0 Å². The van der Waals surface area contributed by atoms with E-state index in [-0.39, 0.29) is 0 Å². The molecule has 0 atom stereocenters. The topological polar surface area (TPSA) is 37.8 Å². The molecule has 0 aliphatic carbocycles. The number of hydrogen-bond acceptors (Lipinski definition) is 3. The maximum absolute atomic E-state index is 4.75. The van der Waals surface area contributed by atoms with E-state index in [4.69, 9.17) is 4.98 Å². The molecule has 0 fully saturated rings. The summed E-state index contributed by atoms with van der Waals surface area (Å²) in [6, 6.07) is 8.28. The first-order valence-corrected chi connectivity index (χ1v) is 6.46. The molecule has 0 spiro atoms. The van der Waals surface area contributed by atoms with Crippen molar-refractivity contribution in [2.45, 2.75) is 19.8 Å². The van der Waals surface area contributed by atoms with E-state index >= 15 is 0 Å². The Morgan fingerprint density at radius 1 is 1.11 bits per heavy atom. The van der Waals surface area contributed by atoms with Crippen LogP contribution in [0.1, 0.15) is 16.8 Å². The highest BCUT2D eigenvalue weighted by Gasteiger charge is 2.12. The van der Waals surface area contributed by atoms with E-state index < -0.39 is 0 Å². The number of nitrogens with one attached hydrogen (secondary N) is 1. The van der Waals surface area contributed by atoms with Gasteiger partial charge in [0, 0.05) is 30.4 Å². The highest BCUT2D eigenvalue weighted by Crippen LogP contribution is 2.21. The van der Waals surface area contributed by atoms with E-state index in [1.807, 2.05) is 18.3 Å². The Balaban J connectivity index is 2.04. The molecule has 1 aromatic heterocycles. The molecule has 3 heteroatoms. The molecule has 92 valence electrons. The van der Waals surface area contributed by atoms with Gasteiger partial charge < -0.3 is 5.32 Å². The van der Waals surface area contributed by atoms with Crippen LogP contribution in [0.4, 0.5) is 0 Å². The second kappa shape index (κ2) is 4.86. The molecule has 3 nitrogen and oxygen atoms in total. The summed E-state index contributed by atoms with van der Waals surface area (Å²) in [5.41, 5.74) is 4.85. The third-order valence-corrected chi connectivity index (χ3v) is 3.45. The Morgan fingerprint density at radius 2 is 1.94 bits per heavy atom. The molecular formula is C15H17N3. The third-order valence-electron chi connectivity index (χ3n) is 3.45. The van der Waals surface area contributed by atoms with Gasteiger partial charge in [0.25, 0.3) is 0 Å². The van der Waals surface area contributed by atoms with E-state index in [2.05, 4.69) is 29.4 Å². The fraction of sp³-hybridized carbons (Fsp3) is 0.333. The lowest BCUT2D eigenvalue weighted by molar-refractivity contribution is 0.708. The van der Waals surface area contributed by atoms with Crippen LogP contribution >= 0.6 is 0 Å². The van der Waals surface area contributed by atoms with Crippen molar-refractivity contribution in [3.8, 4) is 11.4 Å². The Kier molecular flexibility index (Phi) is 3.07. The second-order valence-corrected chi connectivity index (χ2v) is 4.73. The molecule has 1 aliphatic rings. The lowest BCUT2D eigenvalue weighted by Gasteiger charge is -2.08. The monoisotopic (exact) mass is 239 g/mol. The molecule has 1 aliphatic heterocycles. The van der Waals surface area contributed by atoms with Crippen LogP contribution in [0.25, 0.3) is 11.4 Å². The SMILES string of the molecule is Cc1ccccc1-c1ncc2c(n1)CCNCC2. The van der Waals surface area contributed by atoms with Crippen molar-refractivity contribution < 1.29 is 0 Å². The molecule has 0 unspecified atom stereocenters. The van der Waals surface area contributed by atoms with Crippen LogP contribution in [0.2, 0.25) is 0 Å². The maximum Gasteiger partial charge on any atom is 0.159 e. The fourth-order valence-electron chi connectivity index (χ4n) is 2.38. The summed E-state index contributed by atoms with van der Waals surface area (Å²) in [7, 11) is 0. The van der Waals surface area contributed by atoms with E-state index in [0.29, 0.717) is 0 Å². The van der Waals surface area contributed by atoms with E-state index in [1.54, 1.807) is 0 Å². The van der Waals surface area contributed by atoms with E-state index in [9.17, 15) is 0 Å². The summed E-state index contributed by atoms with van der Waals surface area (Å²) < 4.78 is 0. The molecule has 18 heavy (non-hydrogen) atoms. The Hall–Kier alpha value is -1.74. The van der Waals surface area contributed by atoms with Gasteiger partial charge in [-0.2, -0.15) is 0 Å². The Bertz CT molecular complexity index is 563. The summed E-state index contributed by atoms with van der Waals surface area (Å²) in [6.45, 7) is 4.14. The largest absolute Gasteiger partial charge is 0.316 e. The molecule has 0 radical (unpaired) electrons. The van der Waals surface area contributed by atoms with Gasteiger partial charge in [-0.3, -0.25) is 0 Å². The zero-order valence-corrected chi connectivity index (χ0v) is 10.6. The molecule has 0 bridgehead atoms. The number of aromatic nitrogens is 2. The minimum Gasteiger partial charge on any atom is -0.316 e. The normalized spacial score (nSPS) is 14.9. The van der Waals surface area contributed by atoms with Gasteiger partial charge >= 0.3 is 0 Å². The van der Waals surface area contributed by atoms with Crippen molar-refractivity contribution >= 4 is 0 Å². The van der Waals surface area contributed by atoms with Crippen molar-refractivity contribution in [3.05, 3.63) is 47.3 Å². The van der Waals surface area contributed by atoms with Crippen molar-refractivity contribution in [2.75, 3.05) is 13.1 Å². The molecule has 2 heterocycles.